The minimum absolute atomic E-state index is 0.490. The molecular weight excluding hydrogens is 360 g/mol. The van der Waals surface area contributed by atoms with Crippen molar-refractivity contribution < 1.29 is 4.52 Å². The second-order valence-electron chi connectivity index (χ2n) is 6.31. The van der Waals surface area contributed by atoms with Crippen LogP contribution in [0.5, 0.6) is 0 Å². The summed E-state index contributed by atoms with van der Waals surface area (Å²) in [5, 5.41) is 16.8. The van der Waals surface area contributed by atoms with Crippen molar-refractivity contribution in [1.29, 1.82) is 0 Å². The van der Waals surface area contributed by atoms with E-state index in [-0.39, 0.29) is 0 Å². The molecule has 27 heavy (non-hydrogen) atoms. The first-order chi connectivity index (χ1) is 13.1. The molecule has 0 unspecified atom stereocenters. The van der Waals surface area contributed by atoms with Crippen molar-refractivity contribution in [3.8, 4) is 17.1 Å². The molecule has 136 valence electrons. The van der Waals surface area contributed by atoms with Crippen LogP contribution in [0.15, 0.2) is 52.1 Å². The first-order valence-corrected chi connectivity index (χ1v) is 9.47. The highest BCUT2D eigenvalue weighted by Gasteiger charge is 2.14. The highest BCUT2D eigenvalue weighted by molar-refractivity contribution is 7.98. The Morgan fingerprint density at radius 1 is 1.04 bits per heavy atom. The monoisotopic (exact) mass is 378 g/mol. The lowest BCUT2D eigenvalue weighted by Crippen LogP contribution is -2.00. The zero-order chi connectivity index (χ0) is 18.8. The molecule has 4 aromatic rings. The van der Waals surface area contributed by atoms with Crippen LogP contribution in [0.2, 0.25) is 0 Å². The van der Waals surface area contributed by atoms with Crippen LogP contribution in [0.25, 0.3) is 17.1 Å². The van der Waals surface area contributed by atoms with Crippen molar-refractivity contribution >= 4 is 11.8 Å². The second-order valence-corrected chi connectivity index (χ2v) is 7.25. The Morgan fingerprint density at radius 2 is 1.93 bits per heavy atom. The Hall–Kier alpha value is -3.00. The van der Waals surface area contributed by atoms with Crippen LogP contribution in [0, 0.1) is 20.8 Å². The highest BCUT2D eigenvalue weighted by Crippen LogP contribution is 2.24. The number of hydrogen-bond acceptors (Lipinski definition) is 7. The van der Waals surface area contributed by atoms with Gasteiger partial charge in [-0.25, -0.2) is 0 Å². The number of tetrazole rings is 1. The van der Waals surface area contributed by atoms with E-state index in [4.69, 9.17) is 4.52 Å². The van der Waals surface area contributed by atoms with Crippen LogP contribution in [0.4, 0.5) is 0 Å². The van der Waals surface area contributed by atoms with Gasteiger partial charge in [-0.2, -0.15) is 9.67 Å². The molecule has 0 N–H and O–H groups in total. The maximum absolute atomic E-state index is 5.38. The molecule has 0 fully saturated rings. The van der Waals surface area contributed by atoms with E-state index in [1.54, 1.807) is 4.68 Å². The summed E-state index contributed by atoms with van der Waals surface area (Å²) < 4.78 is 7.10. The maximum atomic E-state index is 5.38. The van der Waals surface area contributed by atoms with Crippen molar-refractivity contribution in [3.63, 3.8) is 0 Å². The van der Waals surface area contributed by atoms with Gasteiger partial charge in [0, 0.05) is 5.56 Å². The van der Waals surface area contributed by atoms with E-state index in [9.17, 15) is 0 Å². The lowest BCUT2D eigenvalue weighted by atomic mass is 10.1. The summed E-state index contributed by atoms with van der Waals surface area (Å²) in [5.41, 5.74) is 5.45. The minimum atomic E-state index is 0.490. The smallest absolute Gasteiger partial charge is 0.237 e. The molecule has 0 bridgehead atoms. The molecule has 0 aliphatic heterocycles. The summed E-state index contributed by atoms with van der Waals surface area (Å²) in [5.74, 6) is 1.61. The lowest BCUT2D eigenvalue weighted by molar-refractivity contribution is 0.391. The molecule has 0 radical (unpaired) electrons. The van der Waals surface area contributed by atoms with E-state index >= 15 is 0 Å². The molecule has 4 rings (SSSR count). The number of benzene rings is 2. The maximum Gasteiger partial charge on any atom is 0.237 e. The van der Waals surface area contributed by atoms with Gasteiger partial charge in [-0.15, -0.1) is 5.10 Å². The van der Waals surface area contributed by atoms with Gasteiger partial charge in [0.2, 0.25) is 16.9 Å². The molecule has 0 amide bonds. The highest BCUT2D eigenvalue weighted by atomic mass is 32.2. The molecule has 7 nitrogen and oxygen atoms in total. The number of nitrogens with zero attached hydrogens (tertiary/aromatic N) is 6. The average molecular weight is 378 g/mol. The van der Waals surface area contributed by atoms with Crippen molar-refractivity contribution in [2.75, 3.05) is 0 Å². The predicted molar refractivity (Wildman–Crippen MR) is 103 cm³/mol. The zero-order valence-corrected chi connectivity index (χ0v) is 16.1. The van der Waals surface area contributed by atoms with Gasteiger partial charge < -0.3 is 4.52 Å². The molecule has 0 saturated carbocycles. The largest absolute Gasteiger partial charge is 0.338 e. The third-order valence-electron chi connectivity index (χ3n) is 4.25. The van der Waals surface area contributed by atoms with Gasteiger partial charge in [-0.1, -0.05) is 46.7 Å². The van der Waals surface area contributed by atoms with Gasteiger partial charge in [0.15, 0.2) is 0 Å². The molecule has 0 aliphatic rings. The molecule has 0 atom stereocenters. The summed E-state index contributed by atoms with van der Waals surface area (Å²) in [6.45, 7) is 6.18. The molecule has 8 heteroatoms. The van der Waals surface area contributed by atoms with E-state index < -0.39 is 0 Å². The van der Waals surface area contributed by atoms with E-state index in [0.29, 0.717) is 22.6 Å². The van der Waals surface area contributed by atoms with Crippen molar-refractivity contribution in [2.45, 2.75) is 31.7 Å². The lowest BCUT2D eigenvalue weighted by Gasteiger charge is -2.06. The Labute approximate surface area is 160 Å². The van der Waals surface area contributed by atoms with Crippen molar-refractivity contribution in [2.24, 2.45) is 0 Å². The van der Waals surface area contributed by atoms with Gasteiger partial charge >= 0.3 is 0 Å². The molecule has 0 aliphatic carbocycles. The van der Waals surface area contributed by atoms with Crippen molar-refractivity contribution in [1.82, 2.24) is 30.3 Å². The number of thioether (sulfide) groups is 1. The number of aryl methyl sites for hydroxylation is 3. The molecular formula is C19H18N6OS. The number of aromatic nitrogens is 6. The summed E-state index contributed by atoms with van der Waals surface area (Å²) >= 11 is 1.45. The average Bonchev–Trinajstić information content (AvgIpc) is 3.31. The fourth-order valence-electron chi connectivity index (χ4n) is 2.63. The molecule has 2 aromatic heterocycles. The Bertz CT molecular complexity index is 1090. The normalized spacial score (nSPS) is 11.1. The van der Waals surface area contributed by atoms with Crippen molar-refractivity contribution in [3.05, 3.63) is 65.0 Å². The second kappa shape index (κ2) is 7.32. The summed E-state index contributed by atoms with van der Waals surface area (Å²) in [7, 11) is 0. The SMILES string of the molecule is Cc1cccc(-c2noc(CSc3nnnn3-c3ccc(C)c(C)c3)n2)c1. The summed E-state index contributed by atoms with van der Waals surface area (Å²) in [4.78, 5) is 4.47. The van der Waals surface area contributed by atoms with Crippen LogP contribution in [0.1, 0.15) is 22.6 Å². The van der Waals surface area contributed by atoms with E-state index in [0.717, 1.165) is 16.8 Å². The fraction of sp³-hybridized carbons (Fsp3) is 0.211. The van der Waals surface area contributed by atoms with Gasteiger partial charge in [-0.05, 0) is 60.5 Å². The Balaban J connectivity index is 1.50. The third kappa shape index (κ3) is 3.75. The molecule has 0 spiro atoms. The zero-order valence-electron chi connectivity index (χ0n) is 15.2. The van der Waals surface area contributed by atoms with Gasteiger partial charge in [0.25, 0.3) is 0 Å². The van der Waals surface area contributed by atoms with E-state index in [1.165, 1.54) is 22.9 Å². The van der Waals surface area contributed by atoms with Gasteiger partial charge in [-0.3, -0.25) is 0 Å². The minimum Gasteiger partial charge on any atom is -0.338 e. The van der Waals surface area contributed by atoms with E-state index in [2.05, 4.69) is 51.6 Å². The van der Waals surface area contributed by atoms with Crippen LogP contribution < -0.4 is 0 Å². The third-order valence-corrected chi connectivity index (χ3v) is 5.15. The molecule has 2 aromatic carbocycles. The van der Waals surface area contributed by atoms with Crippen LogP contribution in [-0.2, 0) is 5.75 Å². The standard InChI is InChI=1S/C19H18N6OS/c1-12-5-4-6-15(9-12)18-20-17(26-22-18)11-27-19-21-23-24-25(19)16-8-7-13(2)14(3)10-16/h4-10H,11H2,1-3H3. The van der Waals surface area contributed by atoms with E-state index in [1.807, 2.05) is 37.3 Å². The van der Waals surface area contributed by atoms with Crippen LogP contribution >= 0.6 is 11.8 Å². The topological polar surface area (TPSA) is 82.5 Å². The Kier molecular flexibility index (Phi) is 4.72. The molecule has 2 heterocycles. The first-order valence-electron chi connectivity index (χ1n) is 8.48. The summed E-state index contributed by atoms with van der Waals surface area (Å²) in [6, 6.07) is 14.1. The van der Waals surface area contributed by atoms with Gasteiger partial charge in [0.1, 0.15) is 0 Å². The summed E-state index contributed by atoms with van der Waals surface area (Å²) in [6.07, 6.45) is 0. The molecule has 0 saturated heterocycles. The predicted octanol–water partition coefficient (Wildman–Crippen LogP) is 3.93. The van der Waals surface area contributed by atoms with Crippen LogP contribution in [0.3, 0.4) is 0 Å². The quantitative estimate of drug-likeness (QED) is 0.487. The Morgan fingerprint density at radius 3 is 2.74 bits per heavy atom. The van der Waals surface area contributed by atoms with Gasteiger partial charge in [0.05, 0.1) is 11.4 Å². The number of rotatable bonds is 5. The fourth-order valence-corrected chi connectivity index (χ4v) is 3.36. The first kappa shape index (κ1) is 17.4. The van der Waals surface area contributed by atoms with Crippen LogP contribution in [-0.4, -0.2) is 30.3 Å². The number of hydrogen-bond donors (Lipinski definition) is 0.